The summed E-state index contributed by atoms with van der Waals surface area (Å²) in [5.41, 5.74) is 0. The standard InChI is InChI=1S/C12H20O4Si/c1-9(13)7-11(3)15-17(5,6)16-12(4)8-10(2)14/h7-8H,1-6H3/b11-7+,12-8+. The largest absolute Gasteiger partial charge is 0.516 e. The van der Waals surface area contributed by atoms with Crippen LogP contribution in [0, 0.1) is 0 Å². The molecule has 17 heavy (non-hydrogen) atoms. The molecular weight excluding hydrogens is 236 g/mol. The van der Waals surface area contributed by atoms with Gasteiger partial charge in [-0.1, -0.05) is 0 Å². The Balaban J connectivity index is 4.59. The van der Waals surface area contributed by atoms with E-state index in [2.05, 4.69) is 0 Å². The molecule has 0 aromatic carbocycles. The molecule has 5 heteroatoms. The van der Waals surface area contributed by atoms with E-state index in [1.807, 2.05) is 13.1 Å². The molecule has 0 saturated heterocycles. The zero-order chi connectivity index (χ0) is 13.6. The van der Waals surface area contributed by atoms with Crippen LogP contribution in [0.2, 0.25) is 13.1 Å². The summed E-state index contributed by atoms with van der Waals surface area (Å²) in [6.45, 7) is 10.0. The molecule has 0 aliphatic heterocycles. The first kappa shape index (κ1) is 15.6. The molecule has 96 valence electrons. The second-order valence-corrected chi connectivity index (χ2v) is 7.54. The van der Waals surface area contributed by atoms with E-state index in [0.29, 0.717) is 11.5 Å². The Bertz CT molecular complexity index is 333. The van der Waals surface area contributed by atoms with Crippen LogP contribution in [-0.2, 0) is 18.4 Å². The molecule has 0 rings (SSSR count). The van der Waals surface area contributed by atoms with E-state index < -0.39 is 8.56 Å². The third-order valence-corrected chi connectivity index (χ3v) is 3.25. The topological polar surface area (TPSA) is 52.6 Å². The average molecular weight is 256 g/mol. The minimum absolute atomic E-state index is 0.0664. The van der Waals surface area contributed by atoms with Gasteiger partial charge in [-0.3, -0.25) is 9.59 Å². The molecule has 0 amide bonds. The molecule has 0 aliphatic carbocycles. The van der Waals surface area contributed by atoms with Gasteiger partial charge in [-0.2, -0.15) is 0 Å². The lowest BCUT2D eigenvalue weighted by Crippen LogP contribution is -2.33. The van der Waals surface area contributed by atoms with Gasteiger partial charge in [-0.15, -0.1) is 0 Å². The van der Waals surface area contributed by atoms with Crippen LogP contribution >= 0.6 is 0 Å². The lowest BCUT2D eigenvalue weighted by Gasteiger charge is -2.25. The van der Waals surface area contributed by atoms with Crippen molar-refractivity contribution >= 4 is 20.1 Å². The Morgan fingerprint density at radius 3 is 1.35 bits per heavy atom. The molecule has 4 nitrogen and oxygen atoms in total. The van der Waals surface area contributed by atoms with Gasteiger partial charge in [0.05, 0.1) is 11.5 Å². The number of hydrogen-bond donors (Lipinski definition) is 0. The molecule has 0 fully saturated rings. The van der Waals surface area contributed by atoms with Crippen LogP contribution in [0.3, 0.4) is 0 Å². The minimum atomic E-state index is -2.40. The van der Waals surface area contributed by atoms with Crippen LogP contribution in [0.25, 0.3) is 0 Å². The average Bonchev–Trinajstić information content (AvgIpc) is 1.95. The van der Waals surface area contributed by atoms with Crippen molar-refractivity contribution in [2.45, 2.75) is 40.8 Å². The van der Waals surface area contributed by atoms with E-state index in [9.17, 15) is 9.59 Å². The minimum Gasteiger partial charge on any atom is -0.516 e. The molecule has 0 N–H and O–H groups in total. The SMILES string of the molecule is CC(=O)/C=C(\C)O[Si](C)(C)O/C(C)=C/C(C)=O. The van der Waals surface area contributed by atoms with Gasteiger partial charge in [-0.05, 0) is 27.7 Å². The number of hydrogen-bond acceptors (Lipinski definition) is 4. The fraction of sp³-hybridized carbons (Fsp3) is 0.500. The highest BCUT2D eigenvalue weighted by atomic mass is 28.4. The highest BCUT2D eigenvalue weighted by molar-refractivity contribution is 6.65. The normalized spacial score (nSPS) is 13.3. The predicted octanol–water partition coefficient (Wildman–Crippen LogP) is 2.71. The Labute approximate surface area is 104 Å². The second kappa shape index (κ2) is 6.39. The summed E-state index contributed by atoms with van der Waals surface area (Å²) in [5, 5.41) is 0. The van der Waals surface area contributed by atoms with Gasteiger partial charge in [0, 0.05) is 25.2 Å². The Kier molecular flexibility index (Phi) is 5.88. The molecule has 0 unspecified atom stereocenters. The van der Waals surface area contributed by atoms with Crippen LogP contribution < -0.4 is 0 Å². The summed E-state index contributed by atoms with van der Waals surface area (Å²) in [6.07, 6.45) is 2.84. The number of ketones is 2. The first-order valence-corrected chi connectivity index (χ1v) is 8.20. The zero-order valence-corrected chi connectivity index (χ0v) is 12.3. The van der Waals surface area contributed by atoms with Crippen molar-refractivity contribution in [3.05, 3.63) is 23.7 Å². The molecular formula is C12H20O4Si. The van der Waals surface area contributed by atoms with Crippen LogP contribution in [-0.4, -0.2) is 20.1 Å². The summed E-state index contributed by atoms with van der Waals surface area (Å²) < 4.78 is 11.2. The Morgan fingerprint density at radius 2 is 1.12 bits per heavy atom. The van der Waals surface area contributed by atoms with Gasteiger partial charge in [-0.25, -0.2) is 0 Å². The molecule has 0 bridgehead atoms. The smallest absolute Gasteiger partial charge is 0.453 e. The van der Waals surface area contributed by atoms with Gasteiger partial charge in [0.15, 0.2) is 11.6 Å². The van der Waals surface area contributed by atoms with Crippen molar-refractivity contribution in [1.82, 2.24) is 0 Å². The highest BCUT2D eigenvalue weighted by Gasteiger charge is 2.29. The van der Waals surface area contributed by atoms with E-state index >= 15 is 0 Å². The molecule has 0 spiro atoms. The van der Waals surface area contributed by atoms with E-state index in [4.69, 9.17) is 8.85 Å². The number of carbonyl (C=O) groups is 2. The first-order chi connectivity index (χ1) is 7.62. The number of allylic oxidation sites excluding steroid dienone is 4. The van der Waals surface area contributed by atoms with Crippen LogP contribution in [0.15, 0.2) is 23.7 Å². The third kappa shape index (κ3) is 8.44. The summed E-state index contributed by atoms with van der Waals surface area (Å²) in [4.78, 5) is 21.7. The zero-order valence-electron chi connectivity index (χ0n) is 11.3. The van der Waals surface area contributed by atoms with Crippen molar-refractivity contribution in [2.24, 2.45) is 0 Å². The molecule has 0 aromatic heterocycles. The number of rotatable bonds is 6. The van der Waals surface area contributed by atoms with E-state index in [0.717, 1.165) is 0 Å². The fourth-order valence-corrected chi connectivity index (χ4v) is 3.14. The monoisotopic (exact) mass is 256 g/mol. The van der Waals surface area contributed by atoms with Crippen molar-refractivity contribution in [1.29, 1.82) is 0 Å². The van der Waals surface area contributed by atoms with Gasteiger partial charge in [0.1, 0.15) is 0 Å². The van der Waals surface area contributed by atoms with Crippen molar-refractivity contribution in [2.75, 3.05) is 0 Å². The molecule has 0 atom stereocenters. The Morgan fingerprint density at radius 1 is 0.824 bits per heavy atom. The quantitative estimate of drug-likeness (QED) is 0.416. The first-order valence-electron chi connectivity index (χ1n) is 5.38. The fourth-order valence-electron chi connectivity index (χ4n) is 1.43. The van der Waals surface area contributed by atoms with Crippen LogP contribution in [0.5, 0.6) is 0 Å². The highest BCUT2D eigenvalue weighted by Crippen LogP contribution is 2.16. The van der Waals surface area contributed by atoms with Crippen molar-refractivity contribution < 1.29 is 18.4 Å². The van der Waals surface area contributed by atoms with Gasteiger partial charge >= 0.3 is 8.56 Å². The Hall–Kier alpha value is -1.36. The van der Waals surface area contributed by atoms with Crippen molar-refractivity contribution in [3.63, 3.8) is 0 Å². The van der Waals surface area contributed by atoms with Gasteiger partial charge < -0.3 is 8.85 Å². The summed E-state index contributed by atoms with van der Waals surface area (Å²) in [7, 11) is -2.40. The van der Waals surface area contributed by atoms with Crippen LogP contribution in [0.1, 0.15) is 27.7 Å². The van der Waals surface area contributed by atoms with Crippen molar-refractivity contribution in [3.8, 4) is 0 Å². The van der Waals surface area contributed by atoms with E-state index in [1.165, 1.54) is 26.0 Å². The molecule has 0 saturated carbocycles. The molecule has 0 heterocycles. The van der Waals surface area contributed by atoms with Gasteiger partial charge in [0.2, 0.25) is 0 Å². The summed E-state index contributed by atoms with van der Waals surface area (Å²) >= 11 is 0. The maximum absolute atomic E-state index is 10.9. The summed E-state index contributed by atoms with van der Waals surface area (Å²) in [5.74, 6) is 0.932. The lowest BCUT2D eigenvalue weighted by molar-refractivity contribution is -0.113. The van der Waals surface area contributed by atoms with E-state index in [1.54, 1.807) is 13.8 Å². The lowest BCUT2D eigenvalue weighted by atomic mass is 10.4. The third-order valence-electron chi connectivity index (χ3n) is 1.63. The van der Waals surface area contributed by atoms with Gasteiger partial charge in [0.25, 0.3) is 0 Å². The second-order valence-electron chi connectivity index (χ2n) is 4.34. The molecule has 0 aromatic rings. The summed E-state index contributed by atoms with van der Waals surface area (Å²) in [6, 6.07) is 0. The predicted molar refractivity (Wildman–Crippen MR) is 68.5 cm³/mol. The molecule has 0 radical (unpaired) electrons. The maximum Gasteiger partial charge on any atom is 0.453 e. The number of carbonyl (C=O) groups excluding carboxylic acids is 2. The molecule has 0 aliphatic rings. The van der Waals surface area contributed by atoms with Crippen LogP contribution in [0.4, 0.5) is 0 Å². The van der Waals surface area contributed by atoms with E-state index in [-0.39, 0.29) is 11.6 Å². The maximum atomic E-state index is 10.9.